The first-order valence-electron chi connectivity index (χ1n) is 7.32. The Kier molecular flexibility index (Phi) is 3.73. The molecule has 1 aliphatic heterocycles. The van der Waals surface area contributed by atoms with Crippen LogP contribution in [-0.4, -0.2) is 34.4 Å². The number of rotatable bonds is 3. The number of nitrogens with zero attached hydrogens (tertiary/aromatic N) is 4. The molecule has 1 saturated heterocycles. The van der Waals surface area contributed by atoms with Gasteiger partial charge in [-0.15, -0.1) is 10.2 Å². The summed E-state index contributed by atoms with van der Waals surface area (Å²) in [4.78, 5) is 6.54. The fourth-order valence-electron chi connectivity index (χ4n) is 3.00. The lowest BCUT2D eigenvalue weighted by atomic mass is 10.2. The van der Waals surface area contributed by atoms with E-state index in [4.69, 9.17) is 4.74 Å². The van der Waals surface area contributed by atoms with Gasteiger partial charge in [-0.25, -0.2) is 4.98 Å². The molecular formula is C16H20N4O. The minimum absolute atomic E-state index is 0.521. The lowest BCUT2D eigenvalue weighted by molar-refractivity contribution is 0.399. The normalized spacial score (nSPS) is 21.6. The summed E-state index contributed by atoms with van der Waals surface area (Å²) in [6.07, 6.45) is 4.12. The van der Waals surface area contributed by atoms with Crippen molar-refractivity contribution < 1.29 is 4.74 Å². The van der Waals surface area contributed by atoms with Gasteiger partial charge in [0.25, 0.3) is 0 Å². The van der Waals surface area contributed by atoms with Crippen molar-refractivity contribution in [2.24, 2.45) is 0 Å². The Balaban J connectivity index is 1.91. The number of anilines is 1. The van der Waals surface area contributed by atoms with Crippen LogP contribution in [0.3, 0.4) is 0 Å². The second-order valence-corrected chi connectivity index (χ2v) is 5.52. The second-order valence-electron chi connectivity index (χ2n) is 5.52. The molecule has 21 heavy (non-hydrogen) atoms. The lowest BCUT2D eigenvalue weighted by Crippen LogP contribution is -2.33. The van der Waals surface area contributed by atoms with Crippen LogP contribution in [0.5, 0.6) is 5.88 Å². The Morgan fingerprint density at radius 2 is 1.86 bits per heavy atom. The van der Waals surface area contributed by atoms with Gasteiger partial charge in [0.15, 0.2) is 5.82 Å². The summed E-state index contributed by atoms with van der Waals surface area (Å²) in [7, 11) is 1.61. The SMILES string of the molecule is COc1ncccc1-c1ccc(N2[C@H](C)CC[C@@H]2C)nn1. The van der Waals surface area contributed by atoms with Crippen LogP contribution < -0.4 is 9.64 Å². The third kappa shape index (κ3) is 2.55. The average molecular weight is 284 g/mol. The van der Waals surface area contributed by atoms with Crippen LogP contribution in [-0.2, 0) is 0 Å². The number of aromatic nitrogens is 3. The number of ether oxygens (including phenoxy) is 1. The number of pyridine rings is 1. The van der Waals surface area contributed by atoms with Gasteiger partial charge in [-0.1, -0.05) is 0 Å². The zero-order valence-corrected chi connectivity index (χ0v) is 12.7. The fourth-order valence-corrected chi connectivity index (χ4v) is 3.00. The molecule has 1 aliphatic rings. The van der Waals surface area contributed by atoms with E-state index in [1.54, 1.807) is 13.3 Å². The molecule has 0 spiro atoms. The van der Waals surface area contributed by atoms with Crippen LogP contribution in [0, 0.1) is 0 Å². The van der Waals surface area contributed by atoms with Crippen LogP contribution in [0.25, 0.3) is 11.3 Å². The molecule has 5 heteroatoms. The highest BCUT2D eigenvalue weighted by Crippen LogP contribution is 2.30. The molecule has 3 heterocycles. The highest BCUT2D eigenvalue weighted by Gasteiger charge is 2.28. The van der Waals surface area contributed by atoms with E-state index in [-0.39, 0.29) is 0 Å². The first-order chi connectivity index (χ1) is 10.2. The molecule has 0 aliphatic carbocycles. The first-order valence-corrected chi connectivity index (χ1v) is 7.32. The predicted molar refractivity (Wildman–Crippen MR) is 82.5 cm³/mol. The second kappa shape index (κ2) is 5.68. The molecule has 1 fully saturated rings. The van der Waals surface area contributed by atoms with Crippen LogP contribution in [0.4, 0.5) is 5.82 Å². The van der Waals surface area contributed by atoms with Gasteiger partial charge >= 0.3 is 0 Å². The van der Waals surface area contributed by atoms with Gasteiger partial charge in [0.1, 0.15) is 0 Å². The molecule has 110 valence electrons. The summed E-state index contributed by atoms with van der Waals surface area (Å²) in [6.45, 7) is 4.48. The molecular weight excluding hydrogens is 264 g/mol. The van der Waals surface area contributed by atoms with E-state index >= 15 is 0 Å². The van der Waals surface area contributed by atoms with Gasteiger partial charge in [-0.2, -0.15) is 0 Å². The van der Waals surface area contributed by atoms with Gasteiger partial charge in [0.2, 0.25) is 5.88 Å². The summed E-state index contributed by atoms with van der Waals surface area (Å²) < 4.78 is 5.27. The summed E-state index contributed by atoms with van der Waals surface area (Å²) in [5, 5.41) is 8.77. The summed E-state index contributed by atoms with van der Waals surface area (Å²) >= 11 is 0. The number of methoxy groups -OCH3 is 1. The van der Waals surface area contributed by atoms with E-state index in [0.717, 1.165) is 17.1 Å². The van der Waals surface area contributed by atoms with Crippen molar-refractivity contribution in [1.29, 1.82) is 0 Å². The van der Waals surface area contributed by atoms with Gasteiger partial charge in [0.05, 0.1) is 18.4 Å². The van der Waals surface area contributed by atoms with E-state index < -0.39 is 0 Å². The first kappa shape index (κ1) is 13.8. The van der Waals surface area contributed by atoms with Crippen LogP contribution in [0.15, 0.2) is 30.5 Å². The summed E-state index contributed by atoms with van der Waals surface area (Å²) in [5.74, 6) is 1.52. The van der Waals surface area contributed by atoms with Crippen molar-refractivity contribution >= 4 is 5.82 Å². The summed E-state index contributed by atoms with van der Waals surface area (Å²) in [5.41, 5.74) is 1.64. The quantitative estimate of drug-likeness (QED) is 0.867. The highest BCUT2D eigenvalue weighted by atomic mass is 16.5. The Bertz CT molecular complexity index is 604. The molecule has 2 aromatic rings. The lowest BCUT2D eigenvalue weighted by Gasteiger charge is -2.26. The Hall–Kier alpha value is -2.17. The maximum atomic E-state index is 5.27. The Labute approximate surface area is 125 Å². The molecule has 2 atom stereocenters. The molecule has 0 radical (unpaired) electrons. The smallest absolute Gasteiger partial charge is 0.222 e. The van der Waals surface area contributed by atoms with E-state index in [1.165, 1.54) is 12.8 Å². The van der Waals surface area contributed by atoms with Crippen LogP contribution in [0.2, 0.25) is 0 Å². The van der Waals surface area contributed by atoms with Crippen molar-refractivity contribution in [2.75, 3.05) is 12.0 Å². The van der Waals surface area contributed by atoms with E-state index in [1.807, 2.05) is 24.3 Å². The zero-order valence-electron chi connectivity index (χ0n) is 12.7. The third-order valence-corrected chi connectivity index (χ3v) is 4.11. The number of hydrogen-bond acceptors (Lipinski definition) is 5. The van der Waals surface area contributed by atoms with Gasteiger partial charge in [0, 0.05) is 18.3 Å². The van der Waals surface area contributed by atoms with Crippen molar-refractivity contribution in [3.63, 3.8) is 0 Å². The van der Waals surface area contributed by atoms with Crippen molar-refractivity contribution in [3.05, 3.63) is 30.5 Å². The van der Waals surface area contributed by atoms with Gasteiger partial charge in [-0.05, 0) is 51.0 Å². The molecule has 3 rings (SSSR count). The zero-order chi connectivity index (χ0) is 14.8. The minimum Gasteiger partial charge on any atom is -0.481 e. The topological polar surface area (TPSA) is 51.1 Å². The highest BCUT2D eigenvalue weighted by molar-refractivity contribution is 5.65. The summed E-state index contributed by atoms with van der Waals surface area (Å²) in [6, 6.07) is 8.88. The van der Waals surface area contributed by atoms with Gasteiger partial charge in [-0.3, -0.25) is 0 Å². The maximum Gasteiger partial charge on any atom is 0.222 e. The largest absolute Gasteiger partial charge is 0.481 e. The number of hydrogen-bond donors (Lipinski definition) is 0. The standard InChI is InChI=1S/C16H20N4O/c1-11-6-7-12(2)20(11)15-9-8-14(18-19-15)13-5-4-10-17-16(13)21-3/h4-5,8-12H,6-7H2,1-3H3/t11-,12+. The molecule has 0 bridgehead atoms. The van der Waals surface area contributed by atoms with Crippen LogP contribution >= 0.6 is 0 Å². The maximum absolute atomic E-state index is 5.27. The minimum atomic E-state index is 0.521. The molecule has 0 unspecified atom stereocenters. The average Bonchev–Trinajstić information content (AvgIpc) is 2.86. The van der Waals surface area contributed by atoms with Crippen molar-refractivity contribution in [1.82, 2.24) is 15.2 Å². The molecule has 5 nitrogen and oxygen atoms in total. The predicted octanol–water partition coefficient (Wildman–Crippen LogP) is 2.92. The molecule has 0 aromatic carbocycles. The fraction of sp³-hybridized carbons (Fsp3) is 0.438. The van der Waals surface area contributed by atoms with E-state index in [0.29, 0.717) is 18.0 Å². The van der Waals surface area contributed by atoms with E-state index in [9.17, 15) is 0 Å². The monoisotopic (exact) mass is 284 g/mol. The molecule has 2 aromatic heterocycles. The molecule has 0 saturated carbocycles. The van der Waals surface area contributed by atoms with Gasteiger partial charge < -0.3 is 9.64 Å². The van der Waals surface area contributed by atoms with E-state index in [2.05, 4.69) is 33.9 Å². The third-order valence-electron chi connectivity index (χ3n) is 4.11. The van der Waals surface area contributed by atoms with Crippen molar-refractivity contribution in [2.45, 2.75) is 38.8 Å². The molecule has 0 N–H and O–H groups in total. The Morgan fingerprint density at radius 1 is 1.10 bits per heavy atom. The van der Waals surface area contributed by atoms with Crippen molar-refractivity contribution in [3.8, 4) is 17.1 Å². The van der Waals surface area contributed by atoms with Crippen LogP contribution in [0.1, 0.15) is 26.7 Å². The molecule has 0 amide bonds. The Morgan fingerprint density at radius 3 is 2.48 bits per heavy atom.